The van der Waals surface area contributed by atoms with Gasteiger partial charge in [-0.2, -0.15) is 0 Å². The molecule has 0 spiro atoms. The molecule has 0 radical (unpaired) electrons. The van der Waals surface area contributed by atoms with E-state index in [4.69, 9.17) is 13.7 Å². The third kappa shape index (κ3) is 4.61. The van der Waals surface area contributed by atoms with E-state index in [0.717, 1.165) is 0 Å². The van der Waals surface area contributed by atoms with Gasteiger partial charge >= 0.3 is 5.97 Å². The Hall–Kier alpha value is -1.27. The molecule has 2 aromatic heterocycles. The van der Waals surface area contributed by atoms with E-state index < -0.39 is 22.1 Å². The van der Waals surface area contributed by atoms with Gasteiger partial charge in [-0.3, -0.25) is 9.35 Å². The number of carbonyl (C=O) groups excluding carboxylic acids is 1. The zero-order chi connectivity index (χ0) is 17.0. The monoisotopic (exact) mass is 424 g/mol. The second-order valence-electron chi connectivity index (χ2n) is 4.30. The highest BCUT2D eigenvalue weighted by Gasteiger charge is 2.29. The van der Waals surface area contributed by atoms with Crippen LogP contribution in [0, 0.1) is 0 Å². The summed E-state index contributed by atoms with van der Waals surface area (Å²) < 4.78 is 32.3. The Balaban J connectivity index is 2.30. The van der Waals surface area contributed by atoms with Crippen LogP contribution < -0.4 is 9.46 Å². The number of thiazole rings is 1. The first-order valence-electron chi connectivity index (χ1n) is 6.32. The van der Waals surface area contributed by atoms with E-state index in [1.54, 1.807) is 11.6 Å². The predicted molar refractivity (Wildman–Crippen MR) is 87.8 cm³/mol. The predicted octanol–water partition coefficient (Wildman–Crippen LogP) is 2.59. The van der Waals surface area contributed by atoms with Crippen LogP contribution in [-0.2, 0) is 16.1 Å². The van der Waals surface area contributed by atoms with Crippen molar-refractivity contribution in [1.82, 2.24) is 9.71 Å². The van der Waals surface area contributed by atoms with Crippen LogP contribution in [0.4, 0.5) is 0 Å². The minimum Gasteiger partial charge on any atom is -0.501 e. The molecule has 0 amide bonds. The molecule has 0 saturated heterocycles. The number of carbonyl (C=O) groups is 1. The Morgan fingerprint density at radius 3 is 2.96 bits per heavy atom. The van der Waals surface area contributed by atoms with Gasteiger partial charge in [0.05, 0.1) is 4.83 Å². The van der Waals surface area contributed by atoms with Crippen LogP contribution in [0.15, 0.2) is 16.0 Å². The summed E-state index contributed by atoms with van der Waals surface area (Å²) in [6.45, 7) is 1.41. The number of esters is 1. The van der Waals surface area contributed by atoms with E-state index in [2.05, 4.69) is 25.6 Å². The van der Waals surface area contributed by atoms with Gasteiger partial charge in [-0.15, -0.1) is 11.3 Å². The van der Waals surface area contributed by atoms with Gasteiger partial charge in [0.1, 0.15) is 0 Å². The van der Waals surface area contributed by atoms with E-state index in [0.29, 0.717) is 11.4 Å². The van der Waals surface area contributed by atoms with Crippen molar-refractivity contribution in [1.29, 1.82) is 0 Å². The molecule has 0 fully saturated rings. The molecule has 11 heteroatoms. The number of hydrogen-bond donors (Lipinski definition) is 3. The number of halogens is 1. The number of rotatable bonds is 7. The third-order valence-electron chi connectivity index (χ3n) is 2.65. The minimum atomic E-state index is -2.12. The fourth-order valence-electron chi connectivity index (χ4n) is 1.76. The van der Waals surface area contributed by atoms with Crippen molar-refractivity contribution in [3.05, 3.63) is 17.3 Å². The summed E-state index contributed by atoms with van der Waals surface area (Å²) in [4.78, 5) is 14.8. The second-order valence-corrected chi connectivity index (χ2v) is 7.09. The molecule has 3 N–H and O–H groups in total. The van der Waals surface area contributed by atoms with Gasteiger partial charge in [-0.25, -0.2) is 13.9 Å². The first-order chi connectivity index (χ1) is 10.9. The molecule has 8 nitrogen and oxygen atoms in total. The summed E-state index contributed by atoms with van der Waals surface area (Å²) in [5.41, 5.74) is 0. The Morgan fingerprint density at radius 1 is 1.65 bits per heavy atom. The summed E-state index contributed by atoms with van der Waals surface area (Å²) >= 11 is 2.49. The van der Waals surface area contributed by atoms with Crippen molar-refractivity contribution < 1.29 is 27.8 Å². The molecule has 2 atom stereocenters. The molecular formula is C12H13BrN2O6S2. The molecule has 0 aromatic carbocycles. The quantitative estimate of drug-likeness (QED) is 0.354. The van der Waals surface area contributed by atoms with E-state index in [9.17, 15) is 14.1 Å². The van der Waals surface area contributed by atoms with Crippen molar-refractivity contribution >= 4 is 44.5 Å². The van der Waals surface area contributed by atoms with Crippen LogP contribution in [0.2, 0.25) is 0 Å². The van der Waals surface area contributed by atoms with Gasteiger partial charge in [-0.1, -0.05) is 15.9 Å². The molecule has 126 valence electrons. The minimum absolute atomic E-state index is 0.0882. The van der Waals surface area contributed by atoms with Crippen LogP contribution in [0.1, 0.15) is 23.9 Å². The highest BCUT2D eigenvalue weighted by molar-refractivity contribution is 9.09. The van der Waals surface area contributed by atoms with Gasteiger partial charge in [0.25, 0.3) is 0 Å². The topological polar surface area (TPSA) is 122 Å². The lowest BCUT2D eigenvalue weighted by Gasteiger charge is -2.08. The molecule has 2 aromatic rings. The molecule has 0 aliphatic rings. The molecule has 2 unspecified atom stereocenters. The largest absolute Gasteiger partial charge is 0.501 e. The lowest BCUT2D eigenvalue weighted by atomic mass is 10.2. The van der Waals surface area contributed by atoms with Crippen molar-refractivity contribution in [2.75, 3.05) is 6.54 Å². The van der Waals surface area contributed by atoms with Gasteiger partial charge < -0.3 is 14.3 Å². The van der Waals surface area contributed by atoms with Gasteiger partial charge in [0.15, 0.2) is 10.8 Å². The summed E-state index contributed by atoms with van der Waals surface area (Å²) in [7, 11) is 0. The van der Waals surface area contributed by atoms with Gasteiger partial charge in [0.2, 0.25) is 28.5 Å². The number of furan rings is 1. The SMILES string of the molecule is CC(=O)Oc1c(C(Br)CCNS(=O)O)oc(-c2nccs2)c1O. The Bertz CT molecular complexity index is 703. The molecule has 0 saturated carbocycles. The van der Waals surface area contributed by atoms with Crippen molar-refractivity contribution in [3.63, 3.8) is 0 Å². The number of aromatic hydroxyl groups is 1. The molecule has 0 bridgehead atoms. The molecular weight excluding hydrogens is 412 g/mol. The second kappa shape index (κ2) is 8.02. The van der Waals surface area contributed by atoms with E-state index in [1.165, 1.54) is 18.3 Å². The molecule has 23 heavy (non-hydrogen) atoms. The highest BCUT2D eigenvalue weighted by atomic mass is 79.9. The van der Waals surface area contributed by atoms with Crippen LogP contribution in [-0.4, -0.2) is 31.4 Å². The first kappa shape index (κ1) is 18.1. The maximum absolute atomic E-state index is 11.3. The Morgan fingerprint density at radius 2 is 2.39 bits per heavy atom. The summed E-state index contributed by atoms with van der Waals surface area (Å²) in [6.07, 6.45) is 1.91. The van der Waals surface area contributed by atoms with Crippen molar-refractivity contribution in [2.45, 2.75) is 18.2 Å². The average molecular weight is 425 g/mol. The van der Waals surface area contributed by atoms with Crippen LogP contribution in [0.3, 0.4) is 0 Å². The number of alkyl halides is 1. The Labute approximate surface area is 146 Å². The lowest BCUT2D eigenvalue weighted by molar-refractivity contribution is -0.132. The number of hydrogen-bond acceptors (Lipinski definition) is 7. The van der Waals surface area contributed by atoms with Crippen LogP contribution >= 0.6 is 27.3 Å². The molecule has 0 aliphatic heterocycles. The lowest BCUT2D eigenvalue weighted by Crippen LogP contribution is -2.18. The summed E-state index contributed by atoms with van der Waals surface area (Å²) in [6, 6.07) is 0. The van der Waals surface area contributed by atoms with Crippen molar-refractivity contribution in [2.24, 2.45) is 0 Å². The van der Waals surface area contributed by atoms with E-state index in [1.807, 2.05) is 0 Å². The zero-order valence-electron chi connectivity index (χ0n) is 11.8. The fourth-order valence-corrected chi connectivity index (χ4v) is 3.20. The number of aromatic nitrogens is 1. The first-order valence-corrected chi connectivity index (χ1v) is 9.22. The summed E-state index contributed by atoms with van der Waals surface area (Å²) in [5, 5.41) is 12.4. The Kier molecular flexibility index (Phi) is 6.30. The van der Waals surface area contributed by atoms with Crippen molar-refractivity contribution in [3.8, 4) is 22.3 Å². The molecule has 2 heterocycles. The zero-order valence-corrected chi connectivity index (χ0v) is 15.0. The van der Waals surface area contributed by atoms with Crippen LogP contribution in [0.5, 0.6) is 11.5 Å². The smallest absolute Gasteiger partial charge is 0.308 e. The van der Waals surface area contributed by atoms with Gasteiger partial charge in [-0.05, 0) is 6.42 Å². The average Bonchev–Trinajstić information content (AvgIpc) is 3.07. The standard InChI is InChI=1S/C12H13BrN2O6S2/c1-6(16)20-10-8(17)11(12-14-4-5-22-12)21-9(10)7(13)2-3-15-23(18)19/h4-5,7,15,17H,2-3H2,1H3,(H,18,19). The third-order valence-corrected chi connectivity index (χ3v) is 4.74. The van der Waals surface area contributed by atoms with E-state index in [-0.39, 0.29) is 29.6 Å². The highest BCUT2D eigenvalue weighted by Crippen LogP contribution is 2.48. The van der Waals surface area contributed by atoms with E-state index >= 15 is 0 Å². The molecule has 2 rings (SSSR count). The van der Waals surface area contributed by atoms with Gasteiger partial charge in [0, 0.05) is 25.0 Å². The molecule has 0 aliphatic carbocycles. The number of nitrogens with one attached hydrogen (secondary N) is 1. The summed E-state index contributed by atoms with van der Waals surface area (Å²) in [5.74, 6) is -0.701. The maximum atomic E-state index is 11.3. The number of nitrogens with zero attached hydrogens (tertiary/aromatic N) is 1. The fraction of sp³-hybridized carbons (Fsp3) is 0.333. The normalized spacial score (nSPS) is 13.7. The number of ether oxygens (including phenoxy) is 1. The maximum Gasteiger partial charge on any atom is 0.308 e. The van der Waals surface area contributed by atoms with Crippen LogP contribution in [0.25, 0.3) is 10.8 Å².